The third-order valence-electron chi connectivity index (χ3n) is 4.84. The van der Waals surface area contributed by atoms with Gasteiger partial charge in [0, 0.05) is 6.54 Å². The average Bonchev–Trinajstić information content (AvgIpc) is 3.19. The lowest BCUT2D eigenvalue weighted by atomic mass is 10.1. The molecule has 0 spiro atoms. The molecule has 1 aromatic heterocycles. The van der Waals surface area contributed by atoms with Crippen molar-refractivity contribution in [2.75, 3.05) is 33.4 Å². The Labute approximate surface area is 156 Å². The molecule has 1 fully saturated rings. The van der Waals surface area contributed by atoms with E-state index in [0.29, 0.717) is 6.61 Å². The summed E-state index contributed by atoms with van der Waals surface area (Å²) in [4.78, 5) is 2.51. The van der Waals surface area contributed by atoms with Gasteiger partial charge in [-0.15, -0.1) is 0 Å². The van der Waals surface area contributed by atoms with E-state index >= 15 is 0 Å². The smallest absolute Gasteiger partial charge is 0.161 e. The summed E-state index contributed by atoms with van der Waals surface area (Å²) in [5.41, 5.74) is 3.38. The van der Waals surface area contributed by atoms with Gasteiger partial charge >= 0.3 is 0 Å². The quantitative estimate of drug-likeness (QED) is 0.644. The molecule has 0 aliphatic carbocycles. The first-order valence-corrected chi connectivity index (χ1v) is 9.61. The standard InChI is InChI=1S/C21H29N3O2/c1-3-19-14-18(16-22-23-19)13-17-7-8-20(25-2)21(15-17)26-12-6-11-24-9-4-5-10-24/h7-8,14-16H,3-6,9-13H2,1-2H3. The lowest BCUT2D eigenvalue weighted by Gasteiger charge is -2.16. The van der Waals surface area contributed by atoms with Crippen LogP contribution in [0.4, 0.5) is 0 Å². The predicted octanol–water partition coefficient (Wildman–Crippen LogP) is 3.50. The first kappa shape index (κ1) is 18.6. The zero-order chi connectivity index (χ0) is 18.2. The van der Waals surface area contributed by atoms with E-state index in [9.17, 15) is 0 Å². The zero-order valence-electron chi connectivity index (χ0n) is 15.9. The van der Waals surface area contributed by atoms with Crippen molar-refractivity contribution in [1.82, 2.24) is 15.1 Å². The molecule has 140 valence electrons. The number of methoxy groups -OCH3 is 1. The Hall–Kier alpha value is -2.14. The van der Waals surface area contributed by atoms with Crippen LogP contribution in [0.3, 0.4) is 0 Å². The maximum Gasteiger partial charge on any atom is 0.161 e. The van der Waals surface area contributed by atoms with Crippen LogP contribution in [-0.2, 0) is 12.8 Å². The van der Waals surface area contributed by atoms with Gasteiger partial charge in [-0.1, -0.05) is 13.0 Å². The van der Waals surface area contributed by atoms with Crippen LogP contribution >= 0.6 is 0 Å². The number of hydrogen-bond acceptors (Lipinski definition) is 5. The first-order valence-electron chi connectivity index (χ1n) is 9.61. The molecule has 0 unspecified atom stereocenters. The van der Waals surface area contributed by atoms with Crippen LogP contribution in [0.5, 0.6) is 11.5 Å². The van der Waals surface area contributed by atoms with E-state index in [-0.39, 0.29) is 0 Å². The highest BCUT2D eigenvalue weighted by atomic mass is 16.5. The molecule has 0 saturated carbocycles. The first-order chi connectivity index (χ1) is 12.8. The Morgan fingerprint density at radius 1 is 1.08 bits per heavy atom. The third kappa shape index (κ3) is 5.18. The molecule has 0 N–H and O–H groups in total. The van der Waals surface area contributed by atoms with Gasteiger partial charge in [0.05, 0.1) is 25.6 Å². The minimum atomic E-state index is 0.715. The van der Waals surface area contributed by atoms with Gasteiger partial charge in [-0.3, -0.25) is 0 Å². The Morgan fingerprint density at radius 2 is 1.92 bits per heavy atom. The summed E-state index contributed by atoms with van der Waals surface area (Å²) in [6.45, 7) is 6.39. The van der Waals surface area contributed by atoms with Crippen molar-refractivity contribution in [2.24, 2.45) is 0 Å². The fourth-order valence-electron chi connectivity index (χ4n) is 3.38. The van der Waals surface area contributed by atoms with Crippen molar-refractivity contribution in [3.8, 4) is 11.5 Å². The van der Waals surface area contributed by atoms with E-state index in [4.69, 9.17) is 9.47 Å². The summed E-state index contributed by atoms with van der Waals surface area (Å²) in [6.07, 6.45) is 7.26. The molecule has 0 amide bonds. The fraction of sp³-hybridized carbons (Fsp3) is 0.524. The van der Waals surface area contributed by atoms with Crippen molar-refractivity contribution < 1.29 is 9.47 Å². The molecule has 1 saturated heterocycles. The summed E-state index contributed by atoms with van der Waals surface area (Å²) < 4.78 is 11.5. The summed E-state index contributed by atoms with van der Waals surface area (Å²) in [5, 5.41) is 8.22. The second-order valence-electron chi connectivity index (χ2n) is 6.82. The van der Waals surface area contributed by atoms with Crippen molar-refractivity contribution in [3.05, 3.63) is 47.3 Å². The second kappa shape index (κ2) is 9.53. The lowest BCUT2D eigenvalue weighted by molar-refractivity contribution is 0.254. The van der Waals surface area contributed by atoms with Crippen LogP contribution in [0.25, 0.3) is 0 Å². The molecular formula is C21H29N3O2. The van der Waals surface area contributed by atoms with E-state index in [1.54, 1.807) is 7.11 Å². The highest BCUT2D eigenvalue weighted by molar-refractivity contribution is 5.44. The van der Waals surface area contributed by atoms with Crippen LogP contribution in [0.2, 0.25) is 0 Å². The zero-order valence-corrected chi connectivity index (χ0v) is 15.9. The van der Waals surface area contributed by atoms with Gasteiger partial charge in [0.25, 0.3) is 0 Å². The maximum atomic E-state index is 6.03. The van der Waals surface area contributed by atoms with Crippen LogP contribution < -0.4 is 9.47 Å². The fourth-order valence-corrected chi connectivity index (χ4v) is 3.38. The highest BCUT2D eigenvalue weighted by Crippen LogP contribution is 2.29. The Balaban J connectivity index is 1.59. The molecule has 1 aliphatic rings. The van der Waals surface area contributed by atoms with E-state index < -0.39 is 0 Å². The van der Waals surface area contributed by atoms with Crippen molar-refractivity contribution >= 4 is 0 Å². The molecule has 1 aromatic carbocycles. The van der Waals surface area contributed by atoms with Crippen LogP contribution in [0.1, 0.15) is 43.0 Å². The molecule has 5 heteroatoms. The van der Waals surface area contributed by atoms with E-state index in [1.807, 2.05) is 12.3 Å². The summed E-state index contributed by atoms with van der Waals surface area (Å²) in [5.74, 6) is 1.61. The normalized spacial score (nSPS) is 14.5. The molecule has 5 nitrogen and oxygen atoms in total. The van der Waals surface area contributed by atoms with Crippen LogP contribution in [0.15, 0.2) is 30.5 Å². The van der Waals surface area contributed by atoms with Gasteiger partial charge in [-0.25, -0.2) is 0 Å². The molecule has 26 heavy (non-hydrogen) atoms. The molecular weight excluding hydrogens is 326 g/mol. The summed E-state index contributed by atoms with van der Waals surface area (Å²) in [6, 6.07) is 8.27. The van der Waals surface area contributed by atoms with Crippen LogP contribution in [0, 0.1) is 0 Å². The lowest BCUT2D eigenvalue weighted by Crippen LogP contribution is -2.21. The van der Waals surface area contributed by atoms with Crippen molar-refractivity contribution in [2.45, 2.75) is 39.0 Å². The Bertz CT molecular complexity index is 699. The number of hydrogen-bond donors (Lipinski definition) is 0. The summed E-state index contributed by atoms with van der Waals surface area (Å²) in [7, 11) is 1.69. The highest BCUT2D eigenvalue weighted by Gasteiger charge is 2.11. The topological polar surface area (TPSA) is 47.5 Å². The van der Waals surface area contributed by atoms with Crippen molar-refractivity contribution in [1.29, 1.82) is 0 Å². The SMILES string of the molecule is CCc1cc(Cc2ccc(OC)c(OCCCN3CCCC3)c2)cnn1. The van der Waals surface area contributed by atoms with E-state index in [1.165, 1.54) is 37.1 Å². The van der Waals surface area contributed by atoms with E-state index in [0.717, 1.165) is 43.0 Å². The molecule has 3 rings (SSSR count). The largest absolute Gasteiger partial charge is 0.493 e. The minimum absolute atomic E-state index is 0.715. The number of rotatable bonds is 9. The number of aromatic nitrogens is 2. The van der Waals surface area contributed by atoms with Gasteiger partial charge < -0.3 is 14.4 Å². The number of aryl methyl sites for hydroxylation is 1. The number of nitrogens with zero attached hydrogens (tertiary/aromatic N) is 3. The molecule has 0 bridgehead atoms. The monoisotopic (exact) mass is 355 g/mol. The number of likely N-dealkylation sites (tertiary alicyclic amines) is 1. The van der Waals surface area contributed by atoms with Gasteiger partial charge in [-0.05, 0) is 74.5 Å². The number of benzene rings is 1. The van der Waals surface area contributed by atoms with Gasteiger partial charge in [0.1, 0.15) is 0 Å². The minimum Gasteiger partial charge on any atom is -0.493 e. The molecule has 0 radical (unpaired) electrons. The second-order valence-corrected chi connectivity index (χ2v) is 6.82. The Morgan fingerprint density at radius 3 is 2.69 bits per heavy atom. The molecule has 2 aromatic rings. The van der Waals surface area contributed by atoms with E-state index in [2.05, 4.69) is 40.2 Å². The number of ether oxygens (including phenoxy) is 2. The average molecular weight is 355 g/mol. The summed E-state index contributed by atoms with van der Waals surface area (Å²) >= 11 is 0. The predicted molar refractivity (Wildman–Crippen MR) is 103 cm³/mol. The molecule has 0 atom stereocenters. The van der Waals surface area contributed by atoms with Crippen molar-refractivity contribution in [3.63, 3.8) is 0 Å². The van der Waals surface area contributed by atoms with Gasteiger partial charge in [0.15, 0.2) is 11.5 Å². The molecule has 1 aliphatic heterocycles. The van der Waals surface area contributed by atoms with Gasteiger partial charge in [-0.2, -0.15) is 10.2 Å². The van der Waals surface area contributed by atoms with Crippen LogP contribution in [-0.4, -0.2) is 48.4 Å². The maximum absolute atomic E-state index is 6.03. The van der Waals surface area contributed by atoms with Gasteiger partial charge in [0.2, 0.25) is 0 Å². The Kier molecular flexibility index (Phi) is 6.83. The molecule has 2 heterocycles. The third-order valence-corrected chi connectivity index (χ3v) is 4.84.